The van der Waals surface area contributed by atoms with Crippen molar-refractivity contribution in [3.8, 4) is 0 Å². The molecule has 39 heavy (non-hydrogen) atoms. The molecule has 2 atom stereocenters. The Hall–Kier alpha value is -2.75. The van der Waals surface area contributed by atoms with Gasteiger partial charge in [0.1, 0.15) is 17.5 Å². The van der Waals surface area contributed by atoms with Crippen LogP contribution in [-0.2, 0) is 22.9 Å². The smallest absolute Gasteiger partial charge is 0.246 e. The van der Waals surface area contributed by atoms with Crippen LogP contribution in [-0.4, -0.2) is 32.5 Å². The maximum atomic E-state index is 14.0. The molecule has 1 saturated carbocycles. The summed E-state index contributed by atoms with van der Waals surface area (Å²) in [6.07, 6.45) is 9.87. The molecule has 2 aliphatic rings. The highest BCUT2D eigenvalue weighted by Crippen LogP contribution is 2.36. The Labute approximate surface area is 228 Å². The van der Waals surface area contributed by atoms with Crippen LogP contribution in [0.25, 0.3) is 0 Å². The molecule has 5 rings (SSSR count). The number of pyridine rings is 1. The Morgan fingerprint density at radius 2 is 1.59 bits per heavy atom. The Bertz CT molecular complexity index is 1360. The van der Waals surface area contributed by atoms with Gasteiger partial charge in [0.05, 0.1) is 0 Å². The number of aryl methyl sites for hydroxylation is 1. The number of benzene rings is 2. The van der Waals surface area contributed by atoms with Crippen LogP contribution in [0.4, 0.5) is 13.2 Å². The second kappa shape index (κ2) is 12.2. The van der Waals surface area contributed by atoms with Gasteiger partial charge in [-0.3, -0.25) is 4.98 Å². The third kappa shape index (κ3) is 6.70. The number of hydrogen-bond donors (Lipinski definition) is 2. The van der Waals surface area contributed by atoms with Crippen molar-refractivity contribution in [2.45, 2.75) is 61.8 Å². The molecule has 0 spiro atoms. The molecular formula is C30H34F3N3O2S. The van der Waals surface area contributed by atoms with Crippen molar-refractivity contribution in [1.82, 2.24) is 15.0 Å². The van der Waals surface area contributed by atoms with Gasteiger partial charge in [0.2, 0.25) is 10.0 Å². The van der Waals surface area contributed by atoms with Gasteiger partial charge in [-0.15, -0.1) is 0 Å². The summed E-state index contributed by atoms with van der Waals surface area (Å²) in [6, 6.07) is 12.5. The minimum atomic E-state index is -4.26. The first-order valence-corrected chi connectivity index (χ1v) is 15.1. The number of hydrogen-bond acceptors (Lipinski definition) is 4. The maximum absolute atomic E-state index is 14.0. The van der Waals surface area contributed by atoms with E-state index in [1.54, 1.807) is 18.3 Å². The van der Waals surface area contributed by atoms with Crippen molar-refractivity contribution >= 4 is 10.0 Å². The van der Waals surface area contributed by atoms with Crippen molar-refractivity contribution in [2.24, 2.45) is 11.8 Å². The van der Waals surface area contributed by atoms with E-state index in [0.717, 1.165) is 80.8 Å². The average Bonchev–Trinajstić information content (AvgIpc) is 2.92. The SMILES string of the molecule is O=S(=O)(NCC1CCC(CNC2CCc3cc(F)ccc3C2Cc2cccnc2)CC1)c1c(F)cccc1F. The van der Waals surface area contributed by atoms with E-state index >= 15 is 0 Å². The third-order valence-corrected chi connectivity index (χ3v) is 9.75. The number of halogens is 3. The normalized spacial score (nSPS) is 23.4. The van der Waals surface area contributed by atoms with E-state index in [1.807, 2.05) is 18.3 Å². The Balaban J connectivity index is 1.15. The first-order valence-electron chi connectivity index (χ1n) is 13.6. The van der Waals surface area contributed by atoms with Crippen LogP contribution in [0.5, 0.6) is 0 Å². The molecule has 208 valence electrons. The van der Waals surface area contributed by atoms with Crippen LogP contribution in [0, 0.1) is 29.3 Å². The van der Waals surface area contributed by atoms with E-state index in [4.69, 9.17) is 0 Å². The molecule has 0 bridgehead atoms. The lowest BCUT2D eigenvalue weighted by atomic mass is 9.76. The number of aromatic nitrogens is 1. The number of fused-ring (bicyclic) bond motifs is 1. The highest BCUT2D eigenvalue weighted by atomic mass is 32.2. The van der Waals surface area contributed by atoms with E-state index in [0.29, 0.717) is 5.92 Å². The molecule has 5 nitrogen and oxygen atoms in total. The Morgan fingerprint density at radius 3 is 2.28 bits per heavy atom. The topological polar surface area (TPSA) is 71.1 Å². The minimum Gasteiger partial charge on any atom is -0.313 e. The van der Waals surface area contributed by atoms with Crippen LogP contribution in [0.3, 0.4) is 0 Å². The lowest BCUT2D eigenvalue weighted by molar-refractivity contribution is 0.252. The van der Waals surface area contributed by atoms with Crippen molar-refractivity contribution in [2.75, 3.05) is 13.1 Å². The zero-order valence-electron chi connectivity index (χ0n) is 21.8. The van der Waals surface area contributed by atoms with Crippen LogP contribution >= 0.6 is 0 Å². The van der Waals surface area contributed by atoms with Gasteiger partial charge in [0, 0.05) is 30.9 Å². The molecule has 0 aliphatic heterocycles. The van der Waals surface area contributed by atoms with Gasteiger partial charge in [-0.2, -0.15) is 0 Å². The van der Waals surface area contributed by atoms with Crippen molar-refractivity contribution in [3.63, 3.8) is 0 Å². The Morgan fingerprint density at radius 1 is 0.872 bits per heavy atom. The molecule has 1 fully saturated rings. The van der Waals surface area contributed by atoms with E-state index in [1.165, 1.54) is 5.56 Å². The van der Waals surface area contributed by atoms with Gasteiger partial charge in [-0.25, -0.2) is 26.3 Å². The quantitative estimate of drug-likeness (QED) is 0.364. The third-order valence-electron chi connectivity index (χ3n) is 8.28. The number of nitrogens with one attached hydrogen (secondary N) is 2. The van der Waals surface area contributed by atoms with Crippen LogP contribution in [0.2, 0.25) is 0 Å². The van der Waals surface area contributed by atoms with E-state index in [2.05, 4.69) is 21.1 Å². The monoisotopic (exact) mass is 557 g/mol. The average molecular weight is 558 g/mol. The van der Waals surface area contributed by atoms with E-state index in [9.17, 15) is 21.6 Å². The fourth-order valence-electron chi connectivity index (χ4n) is 6.15. The predicted octanol–water partition coefficient (Wildman–Crippen LogP) is 5.51. The summed E-state index contributed by atoms with van der Waals surface area (Å²) in [5.41, 5.74) is 3.44. The number of rotatable bonds is 9. The fourth-order valence-corrected chi connectivity index (χ4v) is 7.40. The number of sulfonamides is 1. The first kappa shape index (κ1) is 27.8. The molecule has 2 unspecified atom stereocenters. The zero-order chi connectivity index (χ0) is 27.4. The molecule has 2 N–H and O–H groups in total. The summed E-state index contributed by atoms with van der Waals surface area (Å²) >= 11 is 0. The van der Waals surface area contributed by atoms with Crippen LogP contribution in [0.15, 0.2) is 65.8 Å². The second-order valence-electron chi connectivity index (χ2n) is 10.9. The fraction of sp³-hybridized carbons (Fsp3) is 0.433. The molecule has 0 amide bonds. The van der Waals surface area contributed by atoms with Crippen LogP contribution < -0.4 is 10.0 Å². The Kier molecular flexibility index (Phi) is 8.69. The maximum Gasteiger partial charge on any atom is 0.246 e. The number of nitrogens with zero attached hydrogens (tertiary/aromatic N) is 1. The second-order valence-corrected chi connectivity index (χ2v) is 12.6. The highest BCUT2D eigenvalue weighted by Gasteiger charge is 2.31. The molecular weight excluding hydrogens is 523 g/mol. The molecule has 2 aromatic carbocycles. The summed E-state index contributed by atoms with van der Waals surface area (Å²) in [5.74, 6) is -1.55. The van der Waals surface area contributed by atoms with Gasteiger partial charge < -0.3 is 5.32 Å². The molecule has 1 aromatic heterocycles. The molecule has 3 aromatic rings. The largest absolute Gasteiger partial charge is 0.313 e. The first-order chi connectivity index (χ1) is 18.8. The van der Waals surface area contributed by atoms with Gasteiger partial charge in [0.25, 0.3) is 0 Å². The molecule has 2 aliphatic carbocycles. The predicted molar refractivity (Wildman–Crippen MR) is 144 cm³/mol. The minimum absolute atomic E-state index is 0.126. The molecule has 1 heterocycles. The van der Waals surface area contributed by atoms with Gasteiger partial charge in [0.15, 0.2) is 4.90 Å². The van der Waals surface area contributed by atoms with Gasteiger partial charge in [-0.1, -0.05) is 18.2 Å². The van der Waals surface area contributed by atoms with Crippen molar-refractivity contribution in [3.05, 3.63) is 95.1 Å². The summed E-state index contributed by atoms with van der Waals surface area (Å²) in [6.45, 7) is 1.03. The van der Waals surface area contributed by atoms with Gasteiger partial charge >= 0.3 is 0 Å². The molecule has 0 saturated heterocycles. The summed E-state index contributed by atoms with van der Waals surface area (Å²) < 4.78 is 69.3. The highest BCUT2D eigenvalue weighted by molar-refractivity contribution is 7.89. The molecule has 0 radical (unpaired) electrons. The summed E-state index contributed by atoms with van der Waals surface area (Å²) in [4.78, 5) is 3.35. The summed E-state index contributed by atoms with van der Waals surface area (Å²) in [5, 5.41) is 3.81. The van der Waals surface area contributed by atoms with E-state index < -0.39 is 26.6 Å². The lowest BCUT2D eigenvalue weighted by Crippen LogP contribution is -2.42. The zero-order valence-corrected chi connectivity index (χ0v) is 22.6. The standard InChI is InChI=1S/C30H34F3N3O2S/c31-24-11-12-25-23(16-24)10-13-29(26(25)15-22-3-2-14-34-17-22)35-18-20-6-8-21(9-7-20)19-36-39(37,38)30-27(32)4-1-5-28(30)33/h1-5,11-12,14,16-17,20-21,26,29,35-36H,6-10,13,15,18-19H2. The molecule has 9 heteroatoms. The van der Waals surface area contributed by atoms with Gasteiger partial charge in [-0.05, 0) is 110 Å². The van der Waals surface area contributed by atoms with Crippen LogP contribution in [0.1, 0.15) is 54.7 Å². The van der Waals surface area contributed by atoms with Crippen molar-refractivity contribution in [1.29, 1.82) is 0 Å². The van der Waals surface area contributed by atoms with Crippen molar-refractivity contribution < 1.29 is 21.6 Å². The lowest BCUT2D eigenvalue weighted by Gasteiger charge is -2.36. The van der Waals surface area contributed by atoms with E-state index in [-0.39, 0.29) is 30.2 Å². The summed E-state index contributed by atoms with van der Waals surface area (Å²) in [7, 11) is -4.26.